The van der Waals surface area contributed by atoms with Crippen LogP contribution < -0.4 is 9.64 Å². The van der Waals surface area contributed by atoms with E-state index in [1.165, 1.54) is 44.2 Å². The summed E-state index contributed by atoms with van der Waals surface area (Å²) in [5.41, 5.74) is 1.13. The summed E-state index contributed by atoms with van der Waals surface area (Å²) in [7, 11) is 1.60. The van der Waals surface area contributed by atoms with Crippen molar-refractivity contribution in [2.24, 2.45) is 17.8 Å². The minimum absolute atomic E-state index is 0. The molecule has 1 N–H and O–H groups in total. The zero-order valence-electron chi connectivity index (χ0n) is 21.3. The maximum Gasteiger partial charge on any atom is 0.422 e. The molecule has 8 nitrogen and oxygen atoms in total. The third-order valence-electron chi connectivity index (χ3n) is 5.84. The van der Waals surface area contributed by atoms with Gasteiger partial charge in [0.1, 0.15) is 11.5 Å². The zero-order valence-corrected chi connectivity index (χ0v) is 22.0. The Hall–Kier alpha value is -3.86. The molecular weight excluding hydrogens is 591 g/mol. The molecule has 3 atom stereocenters. The lowest BCUT2D eigenvalue weighted by molar-refractivity contribution is -0.190. The minimum Gasteiger partial charge on any atom is -0.508 e. The van der Waals surface area contributed by atoms with Crippen LogP contribution in [-0.4, -0.2) is 48.0 Å². The first-order valence-corrected chi connectivity index (χ1v) is 12.1. The number of ether oxygens (including phenoxy) is 2. The molecule has 2 aromatic carbocycles. The van der Waals surface area contributed by atoms with E-state index < -0.39 is 53.6 Å². The van der Waals surface area contributed by atoms with Crippen LogP contribution in [0.15, 0.2) is 54.6 Å². The number of anilines is 1. The molecule has 1 aliphatic heterocycles. The van der Waals surface area contributed by atoms with E-state index in [2.05, 4.69) is 4.74 Å². The van der Waals surface area contributed by atoms with Gasteiger partial charge in [-0.25, -0.2) is 0 Å². The van der Waals surface area contributed by atoms with Crippen molar-refractivity contribution in [3.8, 4) is 11.5 Å². The maximum atomic E-state index is 12.7. The Morgan fingerprint density at radius 3 is 1.98 bits per heavy atom. The Labute approximate surface area is 257 Å². The van der Waals surface area contributed by atoms with Crippen LogP contribution in [0, 0.1) is 17.8 Å². The molecule has 2 amide bonds. The molecule has 0 radical (unpaired) electrons. The van der Waals surface area contributed by atoms with Crippen LogP contribution in [0.5, 0.6) is 11.5 Å². The molecule has 1 fully saturated rings. The largest absolute Gasteiger partial charge is 0.508 e. The van der Waals surface area contributed by atoms with Gasteiger partial charge >= 0.3 is 12.1 Å². The van der Waals surface area contributed by atoms with E-state index >= 15 is 0 Å². The van der Waals surface area contributed by atoms with E-state index in [9.17, 15) is 37.5 Å². The number of phenolic OH excluding ortho intramolecular Hbond substituents is 1. The van der Waals surface area contributed by atoms with Crippen LogP contribution in [0.25, 0.3) is 6.08 Å². The van der Waals surface area contributed by atoms with Crippen molar-refractivity contribution in [1.29, 1.82) is 0 Å². The summed E-state index contributed by atoms with van der Waals surface area (Å²) in [4.78, 5) is 48.5. The van der Waals surface area contributed by atoms with Crippen molar-refractivity contribution in [2.75, 3.05) is 18.6 Å². The van der Waals surface area contributed by atoms with E-state index in [0.717, 1.165) is 16.2 Å². The van der Waals surface area contributed by atoms with E-state index in [0.29, 0.717) is 0 Å². The van der Waals surface area contributed by atoms with Gasteiger partial charge in [0, 0.05) is 5.92 Å². The number of aromatic hydroxyl groups is 1. The molecule has 12 heteroatoms. The molecule has 1 saturated heterocycles. The highest BCUT2D eigenvalue weighted by molar-refractivity contribution is 6.66. The predicted molar refractivity (Wildman–Crippen MR) is 164 cm³/mol. The fourth-order valence-electron chi connectivity index (χ4n) is 3.91. The van der Waals surface area contributed by atoms with Crippen LogP contribution in [0.2, 0.25) is 0 Å². The van der Waals surface area contributed by atoms with Crippen LogP contribution in [-0.2, 0) is 23.9 Å². The van der Waals surface area contributed by atoms with Crippen molar-refractivity contribution in [3.63, 3.8) is 0 Å². The molecule has 1 aliphatic rings. The summed E-state index contributed by atoms with van der Waals surface area (Å²) in [5, 5.41) is 8.84. The Kier molecular flexibility index (Phi) is 19.6. The van der Waals surface area contributed by atoms with Crippen molar-refractivity contribution in [1.82, 2.24) is 0 Å². The molecule has 2 aromatic rings. The SMILES string of the molecule is C.C.C.C.CCC(C(=O)OCC(F)(F)F)C1C(=O)N(c2ccc(O)cc2)C(=O)C1C.COc1ccc(/C=C/C(=O)Cl)cc1. The summed E-state index contributed by atoms with van der Waals surface area (Å²) in [5.74, 6) is -4.83. The maximum absolute atomic E-state index is 12.7. The van der Waals surface area contributed by atoms with Gasteiger partial charge in [-0.05, 0) is 66.1 Å². The number of rotatable bonds is 8. The second-order valence-electron chi connectivity index (χ2n) is 8.49. The molecule has 43 heavy (non-hydrogen) atoms. The van der Waals surface area contributed by atoms with Crippen molar-refractivity contribution in [2.45, 2.75) is 56.2 Å². The van der Waals surface area contributed by atoms with Gasteiger partial charge in [0.15, 0.2) is 6.61 Å². The van der Waals surface area contributed by atoms with Gasteiger partial charge < -0.3 is 14.6 Å². The number of imide groups is 1. The number of carbonyl (C=O) groups is 4. The van der Waals surface area contributed by atoms with Crippen molar-refractivity contribution < 1.29 is 46.9 Å². The molecule has 0 bridgehead atoms. The number of alkyl halides is 3. The van der Waals surface area contributed by atoms with Gasteiger partial charge in [0.25, 0.3) is 0 Å². The quantitative estimate of drug-likeness (QED) is 0.137. The van der Waals surface area contributed by atoms with E-state index in [1.54, 1.807) is 13.2 Å². The van der Waals surface area contributed by atoms with Crippen LogP contribution in [0.3, 0.4) is 0 Å². The number of esters is 1. The molecular formula is C31H43ClF3NO7. The lowest BCUT2D eigenvalue weighted by Crippen LogP contribution is -2.36. The minimum atomic E-state index is -4.67. The third kappa shape index (κ3) is 12.5. The average molecular weight is 634 g/mol. The Bertz CT molecular complexity index is 1200. The molecule has 0 aliphatic carbocycles. The van der Waals surface area contributed by atoms with Gasteiger partial charge in [0.2, 0.25) is 17.1 Å². The number of benzene rings is 2. The number of allylic oxidation sites excluding steroid dienone is 1. The first kappa shape index (κ1) is 43.6. The first-order valence-electron chi connectivity index (χ1n) is 11.7. The number of carbonyl (C=O) groups excluding carboxylic acids is 4. The molecule has 0 saturated carbocycles. The zero-order chi connectivity index (χ0) is 29.3. The third-order valence-corrected chi connectivity index (χ3v) is 5.96. The smallest absolute Gasteiger partial charge is 0.422 e. The molecule has 242 valence electrons. The summed E-state index contributed by atoms with van der Waals surface area (Å²) in [6.07, 6.45) is -1.67. The monoisotopic (exact) mass is 633 g/mol. The lowest BCUT2D eigenvalue weighted by Gasteiger charge is -2.22. The Morgan fingerprint density at radius 1 is 1.00 bits per heavy atom. The molecule has 0 spiro atoms. The van der Waals surface area contributed by atoms with Crippen LogP contribution in [0.1, 0.15) is 55.5 Å². The number of nitrogens with zero attached hydrogens (tertiary/aromatic N) is 1. The second kappa shape index (κ2) is 19.4. The summed E-state index contributed by atoms with van der Waals surface area (Å²) in [6.45, 7) is 1.24. The molecule has 3 unspecified atom stereocenters. The fraction of sp³-hybridized carbons (Fsp3) is 0.419. The second-order valence-corrected chi connectivity index (χ2v) is 8.86. The lowest BCUT2D eigenvalue weighted by atomic mass is 9.82. The standard InChI is InChI=1S/C17H18F3NO5.C10H9ClO2.4CH4/c1-3-12(16(25)26-8-17(18,19)20)13-9(2)14(23)21(15(13)24)10-4-6-11(22)7-5-10;1-13-9-5-2-8(3-6-9)4-7-10(11)12;;;;/h4-7,9,12-13,22H,3,8H2,1-2H3;2-7H,1H3;4*1H4/b;7-4+;;;;. The molecule has 0 aromatic heterocycles. The summed E-state index contributed by atoms with van der Waals surface area (Å²) >= 11 is 5.14. The highest BCUT2D eigenvalue weighted by Gasteiger charge is 2.51. The fourth-order valence-corrected chi connectivity index (χ4v) is 3.97. The highest BCUT2D eigenvalue weighted by Crippen LogP contribution is 2.37. The van der Waals surface area contributed by atoms with Crippen LogP contribution >= 0.6 is 11.6 Å². The number of hydrogen-bond donors (Lipinski definition) is 1. The van der Waals surface area contributed by atoms with Crippen molar-refractivity contribution in [3.05, 3.63) is 60.2 Å². The van der Waals surface area contributed by atoms with Crippen molar-refractivity contribution >= 4 is 46.4 Å². The van der Waals surface area contributed by atoms with E-state index in [4.69, 9.17) is 16.3 Å². The predicted octanol–water partition coefficient (Wildman–Crippen LogP) is 7.67. The Balaban J connectivity index is -0.000000809. The van der Waals surface area contributed by atoms with E-state index in [1.807, 2.05) is 24.3 Å². The Morgan fingerprint density at radius 2 is 1.53 bits per heavy atom. The van der Waals surface area contributed by atoms with E-state index in [-0.39, 0.29) is 47.6 Å². The van der Waals surface area contributed by atoms with Gasteiger partial charge in [-0.1, -0.05) is 61.8 Å². The average Bonchev–Trinajstić information content (AvgIpc) is 3.11. The molecule has 3 rings (SSSR count). The van der Waals surface area contributed by atoms with Gasteiger partial charge in [-0.2, -0.15) is 13.2 Å². The number of phenols is 1. The van der Waals surface area contributed by atoms with Gasteiger partial charge in [-0.15, -0.1) is 0 Å². The first-order chi connectivity index (χ1) is 18.3. The normalized spacial score (nSPS) is 16.3. The molecule has 1 heterocycles. The summed E-state index contributed by atoms with van der Waals surface area (Å²) in [6, 6.07) is 12.6. The number of amides is 2. The number of hydrogen-bond acceptors (Lipinski definition) is 7. The van der Waals surface area contributed by atoms with Crippen LogP contribution in [0.4, 0.5) is 18.9 Å². The topological polar surface area (TPSA) is 110 Å². The number of methoxy groups -OCH3 is 1. The van der Waals surface area contributed by atoms with Gasteiger partial charge in [-0.3, -0.25) is 24.1 Å². The summed E-state index contributed by atoms with van der Waals surface area (Å²) < 4.78 is 46.1. The van der Waals surface area contributed by atoms with Gasteiger partial charge in [0.05, 0.1) is 24.6 Å². The highest BCUT2D eigenvalue weighted by atomic mass is 35.5. The number of halogens is 4.